The van der Waals surface area contributed by atoms with Gasteiger partial charge < -0.3 is 5.11 Å². The lowest BCUT2D eigenvalue weighted by atomic mass is 9.58. The summed E-state index contributed by atoms with van der Waals surface area (Å²) in [5, 5.41) is 9.81. The van der Waals surface area contributed by atoms with Gasteiger partial charge in [-0.3, -0.25) is 0 Å². The van der Waals surface area contributed by atoms with Crippen molar-refractivity contribution in [3.05, 3.63) is 35.4 Å². The Kier molecular flexibility index (Phi) is 2.32. The van der Waals surface area contributed by atoms with Crippen LogP contribution in [-0.2, 0) is 11.8 Å². The summed E-state index contributed by atoms with van der Waals surface area (Å²) >= 11 is 0. The minimum atomic E-state index is -0.0525. The van der Waals surface area contributed by atoms with Gasteiger partial charge in [-0.15, -0.1) is 0 Å². The van der Waals surface area contributed by atoms with Crippen LogP contribution in [0.25, 0.3) is 0 Å². The van der Waals surface area contributed by atoms with Crippen LogP contribution >= 0.6 is 0 Å². The largest absolute Gasteiger partial charge is 0.393 e. The third-order valence-electron chi connectivity index (χ3n) is 4.85. The van der Waals surface area contributed by atoms with Crippen LogP contribution in [0.15, 0.2) is 24.3 Å². The van der Waals surface area contributed by atoms with Gasteiger partial charge >= 0.3 is 0 Å². The van der Waals surface area contributed by atoms with Crippen molar-refractivity contribution >= 4 is 0 Å². The van der Waals surface area contributed by atoms with Crippen molar-refractivity contribution in [3.63, 3.8) is 0 Å². The van der Waals surface area contributed by atoms with E-state index in [9.17, 15) is 5.11 Å². The van der Waals surface area contributed by atoms with Crippen molar-refractivity contribution < 1.29 is 5.11 Å². The Morgan fingerprint density at radius 2 is 2.06 bits per heavy atom. The van der Waals surface area contributed by atoms with Gasteiger partial charge in [0, 0.05) is 0 Å². The second-order valence-electron chi connectivity index (χ2n) is 5.74. The van der Waals surface area contributed by atoms with Crippen molar-refractivity contribution in [1.29, 1.82) is 0 Å². The van der Waals surface area contributed by atoms with E-state index in [2.05, 4.69) is 31.2 Å². The summed E-state index contributed by atoms with van der Waals surface area (Å²) in [6, 6.07) is 8.90. The highest BCUT2D eigenvalue weighted by Gasteiger charge is 2.43. The Morgan fingerprint density at radius 1 is 1.25 bits per heavy atom. The second-order valence-corrected chi connectivity index (χ2v) is 5.74. The van der Waals surface area contributed by atoms with Crippen LogP contribution in [0.5, 0.6) is 0 Å². The number of benzene rings is 1. The van der Waals surface area contributed by atoms with Crippen molar-refractivity contribution in [1.82, 2.24) is 0 Å². The highest BCUT2D eigenvalue weighted by atomic mass is 16.3. The molecule has 0 amide bonds. The summed E-state index contributed by atoms with van der Waals surface area (Å²) in [7, 11) is 0. The van der Waals surface area contributed by atoms with Gasteiger partial charge in [0.1, 0.15) is 0 Å². The molecule has 0 saturated heterocycles. The average molecular weight is 216 g/mol. The Morgan fingerprint density at radius 3 is 2.94 bits per heavy atom. The van der Waals surface area contributed by atoms with E-state index < -0.39 is 0 Å². The monoisotopic (exact) mass is 216 g/mol. The fourth-order valence-corrected chi connectivity index (χ4v) is 3.79. The summed E-state index contributed by atoms with van der Waals surface area (Å²) in [4.78, 5) is 0. The molecule has 0 unspecified atom stereocenters. The van der Waals surface area contributed by atoms with Crippen LogP contribution in [0.2, 0.25) is 0 Å². The predicted octanol–water partition coefficient (Wildman–Crippen LogP) is 3.05. The molecule has 3 rings (SSSR count). The Hall–Kier alpha value is -0.820. The molecule has 0 spiro atoms. The number of aliphatic hydroxyl groups excluding tert-OH is 1. The molecule has 86 valence electrons. The average Bonchev–Trinajstić information content (AvgIpc) is 2.31. The molecule has 0 aliphatic heterocycles. The molecule has 1 fully saturated rings. The maximum Gasteiger partial charge on any atom is 0.0543 e. The first-order valence-corrected chi connectivity index (χ1v) is 6.46. The topological polar surface area (TPSA) is 20.2 Å². The second kappa shape index (κ2) is 3.59. The van der Waals surface area contributed by atoms with Gasteiger partial charge in [0.25, 0.3) is 0 Å². The number of fused-ring (bicyclic) bond motifs is 3. The Balaban J connectivity index is 2.03. The number of hydrogen-bond acceptors (Lipinski definition) is 1. The van der Waals surface area contributed by atoms with E-state index >= 15 is 0 Å². The molecule has 0 bridgehead atoms. The lowest BCUT2D eigenvalue weighted by Crippen LogP contribution is -2.43. The number of aryl methyl sites for hydroxylation is 1. The first-order valence-electron chi connectivity index (χ1n) is 6.46. The molecule has 16 heavy (non-hydrogen) atoms. The van der Waals surface area contributed by atoms with Gasteiger partial charge in [-0.05, 0) is 54.6 Å². The van der Waals surface area contributed by atoms with Crippen LogP contribution < -0.4 is 0 Å². The van der Waals surface area contributed by atoms with Crippen molar-refractivity contribution in [2.24, 2.45) is 5.92 Å². The lowest BCUT2D eigenvalue weighted by Gasteiger charge is -2.47. The van der Waals surface area contributed by atoms with E-state index in [0.29, 0.717) is 11.3 Å². The molecule has 2 aliphatic rings. The zero-order valence-electron chi connectivity index (χ0n) is 9.95. The third-order valence-corrected chi connectivity index (χ3v) is 4.85. The maximum absolute atomic E-state index is 9.81. The zero-order chi connectivity index (χ0) is 11.2. The van der Waals surface area contributed by atoms with Gasteiger partial charge in [0.05, 0.1) is 6.10 Å². The summed E-state index contributed by atoms with van der Waals surface area (Å²) < 4.78 is 0. The minimum Gasteiger partial charge on any atom is -0.393 e. The fourth-order valence-electron chi connectivity index (χ4n) is 3.79. The molecule has 1 aromatic rings. The number of aliphatic hydroxyl groups is 1. The Bertz CT molecular complexity index is 398. The predicted molar refractivity (Wildman–Crippen MR) is 65.5 cm³/mol. The molecule has 2 aliphatic carbocycles. The molecule has 0 aromatic heterocycles. The third kappa shape index (κ3) is 1.41. The van der Waals surface area contributed by atoms with E-state index in [1.165, 1.54) is 18.4 Å². The van der Waals surface area contributed by atoms with Crippen molar-refractivity contribution in [2.45, 2.75) is 50.5 Å². The normalized spacial score (nSPS) is 37.6. The van der Waals surface area contributed by atoms with Gasteiger partial charge in [-0.2, -0.15) is 0 Å². The molecular weight excluding hydrogens is 196 g/mol. The number of rotatable bonds is 0. The van der Waals surface area contributed by atoms with Gasteiger partial charge in [-0.1, -0.05) is 31.2 Å². The molecular formula is C15H20O. The van der Waals surface area contributed by atoms with Crippen molar-refractivity contribution in [2.75, 3.05) is 0 Å². The molecule has 3 atom stereocenters. The molecule has 0 heterocycles. The van der Waals surface area contributed by atoms with Crippen molar-refractivity contribution in [3.8, 4) is 0 Å². The Labute approximate surface area is 97.5 Å². The summed E-state index contributed by atoms with van der Waals surface area (Å²) in [5.41, 5.74) is 3.42. The summed E-state index contributed by atoms with van der Waals surface area (Å²) in [6.07, 6.45) is 5.53. The van der Waals surface area contributed by atoms with E-state index in [4.69, 9.17) is 0 Å². The van der Waals surface area contributed by atoms with E-state index in [0.717, 1.165) is 19.3 Å². The number of hydrogen-bond donors (Lipinski definition) is 1. The van der Waals surface area contributed by atoms with E-state index in [-0.39, 0.29) is 6.10 Å². The first kappa shape index (κ1) is 10.3. The first-order chi connectivity index (χ1) is 7.70. The molecule has 1 heteroatoms. The smallest absolute Gasteiger partial charge is 0.0543 e. The highest BCUT2D eigenvalue weighted by Crippen LogP contribution is 2.49. The summed E-state index contributed by atoms with van der Waals surface area (Å²) in [5.74, 6) is 0.686. The van der Waals surface area contributed by atoms with Crippen LogP contribution in [0, 0.1) is 5.92 Å². The molecule has 1 aromatic carbocycles. The minimum absolute atomic E-state index is 0.0525. The zero-order valence-corrected chi connectivity index (χ0v) is 9.95. The van der Waals surface area contributed by atoms with Gasteiger partial charge in [-0.25, -0.2) is 0 Å². The fraction of sp³-hybridized carbons (Fsp3) is 0.600. The standard InChI is InChI=1S/C15H20O/c1-15-9-8-13(16)10-12(15)7-6-11-4-2-3-5-14(11)15/h2-5,12-13,16H,6-10H2,1H3/t12-,13-,15+/m1/s1. The van der Waals surface area contributed by atoms with E-state index in [1.54, 1.807) is 5.56 Å². The quantitative estimate of drug-likeness (QED) is 0.706. The van der Waals surface area contributed by atoms with Crippen LogP contribution in [0.4, 0.5) is 0 Å². The van der Waals surface area contributed by atoms with Crippen LogP contribution in [0.1, 0.15) is 43.7 Å². The molecule has 1 N–H and O–H groups in total. The van der Waals surface area contributed by atoms with Gasteiger partial charge in [0.15, 0.2) is 0 Å². The molecule has 1 nitrogen and oxygen atoms in total. The highest BCUT2D eigenvalue weighted by molar-refractivity contribution is 5.37. The van der Waals surface area contributed by atoms with Crippen LogP contribution in [0.3, 0.4) is 0 Å². The molecule has 1 saturated carbocycles. The SMILES string of the molecule is C[C@]12CC[C@@H](O)C[C@H]1CCc1ccccc12. The van der Waals surface area contributed by atoms with Crippen LogP contribution in [-0.4, -0.2) is 11.2 Å². The summed E-state index contributed by atoms with van der Waals surface area (Å²) in [6.45, 7) is 2.40. The maximum atomic E-state index is 9.81. The molecule has 0 radical (unpaired) electrons. The van der Waals surface area contributed by atoms with Gasteiger partial charge in [0.2, 0.25) is 0 Å². The van der Waals surface area contributed by atoms with E-state index in [1.807, 2.05) is 0 Å². The lowest BCUT2D eigenvalue weighted by molar-refractivity contribution is 0.0484.